The zero-order chi connectivity index (χ0) is 56.8. The predicted octanol–water partition coefficient (Wildman–Crippen LogP) is 20.9. The second-order valence-corrected chi connectivity index (χ2v) is 31.6. The van der Waals surface area contributed by atoms with Crippen LogP contribution in [0.25, 0.3) is 0 Å². The maximum atomic E-state index is 2.62. The van der Waals surface area contributed by atoms with Gasteiger partial charge in [0, 0.05) is 5.41 Å². The highest BCUT2D eigenvalue weighted by molar-refractivity contribution is 5.75. The molecule has 0 aromatic heterocycles. The van der Waals surface area contributed by atoms with Crippen LogP contribution < -0.4 is 0 Å². The summed E-state index contributed by atoms with van der Waals surface area (Å²) in [5, 5.41) is 0. The fourth-order valence-corrected chi connectivity index (χ4v) is 13.1. The summed E-state index contributed by atoms with van der Waals surface area (Å²) in [5.41, 5.74) is 21.3. The van der Waals surface area contributed by atoms with E-state index in [-0.39, 0.29) is 43.3 Å². The van der Waals surface area contributed by atoms with Crippen LogP contribution in [-0.4, -0.2) is 0 Å². The second-order valence-electron chi connectivity index (χ2n) is 31.6. The maximum Gasteiger partial charge on any atom is 0.0608 e. The first-order valence-electron chi connectivity index (χ1n) is 28.6. The van der Waals surface area contributed by atoms with Crippen LogP contribution in [0.5, 0.6) is 0 Å². The van der Waals surface area contributed by atoms with Crippen LogP contribution in [0.4, 0.5) is 0 Å². The second kappa shape index (κ2) is 19.7. The molecule has 0 nitrogen and oxygen atoms in total. The van der Waals surface area contributed by atoms with Crippen molar-refractivity contribution in [1.29, 1.82) is 0 Å². The van der Waals surface area contributed by atoms with Gasteiger partial charge in [0.05, 0.1) is 5.41 Å². The largest absolute Gasteiger partial charge is 0.0622 e. The van der Waals surface area contributed by atoms with E-state index in [9.17, 15) is 0 Å². The normalized spacial score (nSPS) is 13.9. The van der Waals surface area contributed by atoms with E-state index < -0.39 is 10.8 Å². The number of aryl methyl sites for hydroxylation is 4. The molecule has 0 saturated carbocycles. The maximum absolute atomic E-state index is 2.62. The van der Waals surface area contributed by atoms with Gasteiger partial charge in [-0.25, -0.2) is 0 Å². The summed E-state index contributed by atoms with van der Waals surface area (Å²) in [4.78, 5) is 0. The Morgan fingerprint density at radius 3 is 0.627 bits per heavy atom. The zero-order valence-corrected chi connectivity index (χ0v) is 53.1. The molecule has 0 aliphatic rings. The van der Waals surface area contributed by atoms with Crippen molar-refractivity contribution >= 4 is 0 Å². The third kappa shape index (κ3) is 11.2. The van der Waals surface area contributed by atoms with E-state index in [2.05, 4.69) is 303 Å². The Morgan fingerprint density at radius 1 is 0.253 bits per heavy atom. The molecule has 0 fully saturated rings. The van der Waals surface area contributed by atoms with Gasteiger partial charge in [-0.05, 0) is 155 Å². The number of rotatable bonds is 8. The smallest absolute Gasteiger partial charge is 0.0608 e. The van der Waals surface area contributed by atoms with E-state index in [0.717, 1.165) is 6.42 Å². The lowest BCUT2D eigenvalue weighted by Gasteiger charge is -2.60. The average Bonchev–Trinajstić information content (AvgIpc) is 3.24. The van der Waals surface area contributed by atoms with Gasteiger partial charge in [-0.3, -0.25) is 0 Å². The summed E-state index contributed by atoms with van der Waals surface area (Å²) in [6.07, 6.45) is 0.740. The van der Waals surface area contributed by atoms with Gasteiger partial charge in [-0.15, -0.1) is 0 Å². The Kier molecular flexibility index (Phi) is 15.6. The quantitative estimate of drug-likeness (QED) is 0.133. The molecule has 0 radical (unpaired) electrons. The summed E-state index contributed by atoms with van der Waals surface area (Å²) < 4.78 is 0. The average molecular weight is 1010 g/mol. The molecule has 6 aromatic rings. The molecule has 0 saturated heterocycles. The first kappa shape index (κ1) is 59.6. The molecule has 0 amide bonds. The number of hydrogen-bond donors (Lipinski definition) is 0. The van der Waals surface area contributed by atoms with Gasteiger partial charge < -0.3 is 0 Å². The Labute approximate surface area is 461 Å². The van der Waals surface area contributed by atoms with Crippen molar-refractivity contribution in [2.75, 3.05) is 0 Å². The highest BCUT2D eigenvalue weighted by Gasteiger charge is 2.63. The van der Waals surface area contributed by atoms with E-state index in [0.29, 0.717) is 0 Å². The molecule has 6 aromatic carbocycles. The molecule has 0 heteroatoms. The van der Waals surface area contributed by atoms with E-state index in [1.807, 2.05) is 0 Å². The molecule has 75 heavy (non-hydrogen) atoms. The predicted molar refractivity (Wildman–Crippen MR) is 332 cm³/mol. The van der Waals surface area contributed by atoms with Gasteiger partial charge >= 0.3 is 0 Å². The molecule has 0 spiro atoms. The summed E-state index contributed by atoms with van der Waals surface area (Å²) >= 11 is 0. The van der Waals surface area contributed by atoms with Gasteiger partial charge in [-0.1, -0.05) is 298 Å². The molecular formula is C75H104. The topological polar surface area (TPSA) is 0 Å². The minimum absolute atomic E-state index is 0.172. The zero-order valence-electron chi connectivity index (χ0n) is 53.1. The Hall–Kier alpha value is -4.68. The van der Waals surface area contributed by atoms with Crippen LogP contribution in [-0.2, 0) is 60.6 Å². The van der Waals surface area contributed by atoms with Gasteiger partial charge in [0.1, 0.15) is 0 Å². The summed E-state index contributed by atoms with van der Waals surface area (Å²) in [6.45, 7) is 69.1. The van der Waals surface area contributed by atoms with Crippen LogP contribution in [0.3, 0.4) is 0 Å². The summed E-state index contributed by atoms with van der Waals surface area (Å²) in [7, 11) is 0. The van der Waals surface area contributed by atoms with Gasteiger partial charge in [0.25, 0.3) is 0 Å². The number of benzene rings is 6. The Bertz CT molecular complexity index is 2640. The van der Waals surface area contributed by atoms with Crippen molar-refractivity contribution in [1.82, 2.24) is 0 Å². The van der Waals surface area contributed by atoms with Gasteiger partial charge in [-0.2, -0.15) is 0 Å². The molecule has 0 aliphatic heterocycles. The third-order valence-electron chi connectivity index (χ3n) is 16.4. The summed E-state index contributed by atoms with van der Waals surface area (Å²) in [5.74, 6) is 0. The monoisotopic (exact) mass is 1000 g/mol. The van der Waals surface area contributed by atoms with E-state index in [1.165, 1.54) is 100 Å². The lowest BCUT2D eigenvalue weighted by molar-refractivity contribution is 0.316. The SMILES string of the molecule is Cc1cc(C(C)(C)C)c(CC(c2ccccc2)(c2ccccc2)C(c2c(C(C)(C)C)cc(C)cc2C(C)(C)C)(c2c(C(C)(C)C)cc(C)cc2C(C)(C)C)c2c(C(C)(C)C)cc(C)cc2C(C)(C)C)c(C(C)(C)C)c1. The van der Waals surface area contributed by atoms with Crippen LogP contribution in [0, 0.1) is 27.7 Å². The van der Waals surface area contributed by atoms with Crippen LogP contribution in [0.2, 0.25) is 0 Å². The third-order valence-corrected chi connectivity index (χ3v) is 16.4. The highest BCUT2D eigenvalue weighted by atomic mass is 14.6. The first-order chi connectivity index (χ1) is 33.9. The first-order valence-corrected chi connectivity index (χ1v) is 28.6. The van der Waals surface area contributed by atoms with Crippen molar-refractivity contribution < 1.29 is 0 Å². The lowest BCUT2D eigenvalue weighted by atomic mass is 9.41. The molecule has 0 unspecified atom stereocenters. The van der Waals surface area contributed by atoms with Crippen molar-refractivity contribution in [2.45, 2.75) is 254 Å². The van der Waals surface area contributed by atoms with Gasteiger partial charge in [0.2, 0.25) is 0 Å². The number of hydrogen-bond acceptors (Lipinski definition) is 0. The van der Waals surface area contributed by atoms with Crippen LogP contribution >= 0.6 is 0 Å². The lowest BCUT2D eigenvalue weighted by Crippen LogP contribution is -2.58. The highest BCUT2D eigenvalue weighted by Crippen LogP contribution is 2.67. The van der Waals surface area contributed by atoms with E-state index >= 15 is 0 Å². The minimum Gasteiger partial charge on any atom is -0.0622 e. The molecular weight excluding hydrogens is 901 g/mol. The van der Waals surface area contributed by atoms with Crippen molar-refractivity contribution in [2.24, 2.45) is 0 Å². The molecule has 0 aliphatic carbocycles. The summed E-state index contributed by atoms with van der Waals surface area (Å²) in [6, 6.07) is 44.9. The Morgan fingerprint density at radius 2 is 0.440 bits per heavy atom. The molecule has 6 rings (SSSR count). The molecule has 0 N–H and O–H groups in total. The van der Waals surface area contributed by atoms with Crippen molar-refractivity contribution in [3.63, 3.8) is 0 Å². The Balaban J connectivity index is 2.42. The molecule has 0 atom stereocenters. The van der Waals surface area contributed by atoms with Crippen LogP contribution in [0.1, 0.15) is 266 Å². The van der Waals surface area contributed by atoms with Crippen molar-refractivity contribution in [3.8, 4) is 0 Å². The van der Waals surface area contributed by atoms with Gasteiger partial charge in [0.15, 0.2) is 0 Å². The van der Waals surface area contributed by atoms with E-state index in [1.54, 1.807) is 0 Å². The minimum atomic E-state index is -0.957. The molecule has 404 valence electrons. The molecule has 0 bridgehead atoms. The van der Waals surface area contributed by atoms with Crippen LogP contribution in [0.15, 0.2) is 109 Å². The van der Waals surface area contributed by atoms with E-state index in [4.69, 9.17) is 0 Å². The standard InChI is InChI=1S/C75H104/c1-48-39-55(66(5,6)7)54(56(40-48)67(8,9)10)47-74(52-35-31-29-32-36-52,53-37-33-30-34-38-53)75(63-57(68(11,12)13)41-49(2)42-58(63)69(14,15)16,64-59(70(17,18)19)43-50(3)44-60(64)71(20,21)22)65-61(72(23,24)25)45-51(4)46-62(65)73(26,27)28/h29-46H,47H2,1-28H3. The molecule has 0 heterocycles. The fraction of sp³-hybridized carbons (Fsp3) is 0.520. The fourth-order valence-electron chi connectivity index (χ4n) is 13.1. The van der Waals surface area contributed by atoms with Crippen molar-refractivity contribution in [3.05, 3.63) is 209 Å².